The molecule has 4 aromatic carbocycles. The molecule has 0 aliphatic heterocycles. The van der Waals surface area contributed by atoms with Gasteiger partial charge in [0.1, 0.15) is 23.2 Å². The van der Waals surface area contributed by atoms with Crippen molar-refractivity contribution in [2.75, 3.05) is 0 Å². The summed E-state index contributed by atoms with van der Waals surface area (Å²) >= 11 is 0. The Morgan fingerprint density at radius 2 is 1.08 bits per heavy atom. The highest BCUT2D eigenvalue weighted by Crippen LogP contribution is 2.46. The molecule has 0 aromatic heterocycles. The van der Waals surface area contributed by atoms with Gasteiger partial charge in [0, 0.05) is 16.7 Å². The van der Waals surface area contributed by atoms with E-state index in [0.29, 0.717) is 33.4 Å². The van der Waals surface area contributed by atoms with E-state index in [4.69, 9.17) is 0 Å². The minimum absolute atomic E-state index is 0.0407. The van der Waals surface area contributed by atoms with E-state index in [9.17, 15) is 30.4 Å². The van der Waals surface area contributed by atoms with E-state index in [1.807, 2.05) is 0 Å². The summed E-state index contributed by atoms with van der Waals surface area (Å²) in [5, 5.41) is 29.7. The Bertz CT molecular complexity index is 1580. The van der Waals surface area contributed by atoms with Crippen LogP contribution in [-0.2, 0) is 0 Å². The first-order valence-electron chi connectivity index (χ1n) is 11.2. The van der Waals surface area contributed by atoms with Gasteiger partial charge < -0.3 is 20.9 Å². The van der Waals surface area contributed by atoms with Gasteiger partial charge >= 0.3 is 5.71 Å². The summed E-state index contributed by atoms with van der Waals surface area (Å²) in [6, 6.07) is 20.8. The summed E-state index contributed by atoms with van der Waals surface area (Å²) in [5.41, 5.74) is 13.2. The average molecular weight is 476 g/mol. The number of aromatic hydroxyl groups is 3. The third kappa shape index (κ3) is 3.64. The third-order valence-electron chi connectivity index (χ3n) is 6.45. The van der Waals surface area contributed by atoms with Crippen LogP contribution in [0.15, 0.2) is 78.9 Å². The molecular formula is C29H20N2O5. The average Bonchev–Trinajstić information content (AvgIpc) is 2.88. The zero-order valence-electron chi connectivity index (χ0n) is 19.1. The summed E-state index contributed by atoms with van der Waals surface area (Å²) < 4.78 is 0. The van der Waals surface area contributed by atoms with E-state index in [-0.39, 0.29) is 39.9 Å². The Labute approximate surface area is 206 Å². The lowest BCUT2D eigenvalue weighted by Gasteiger charge is -2.25. The van der Waals surface area contributed by atoms with E-state index in [0.717, 1.165) is 0 Å². The van der Waals surface area contributed by atoms with Crippen molar-refractivity contribution < 1.29 is 29.7 Å². The van der Waals surface area contributed by atoms with E-state index in [1.54, 1.807) is 42.5 Å². The van der Waals surface area contributed by atoms with Crippen molar-refractivity contribution in [3.63, 3.8) is 0 Å². The minimum atomic E-state index is -0.960. The molecule has 0 amide bonds. The van der Waals surface area contributed by atoms with Crippen LogP contribution >= 0.6 is 0 Å². The summed E-state index contributed by atoms with van der Waals surface area (Å²) in [6.45, 7) is 1.52. The Morgan fingerprint density at radius 1 is 0.639 bits per heavy atom. The second kappa shape index (κ2) is 8.65. The first-order chi connectivity index (χ1) is 17.3. The number of phenols is 3. The van der Waals surface area contributed by atoms with Crippen LogP contribution in [0.1, 0.15) is 27.6 Å². The Hall–Kier alpha value is -5.00. The van der Waals surface area contributed by atoms with E-state index >= 15 is 0 Å². The van der Waals surface area contributed by atoms with E-state index in [2.05, 4.69) is 4.79 Å². The molecular weight excluding hydrogens is 456 g/mol. The van der Waals surface area contributed by atoms with Crippen LogP contribution in [-0.4, -0.2) is 37.4 Å². The van der Waals surface area contributed by atoms with Crippen LogP contribution in [0.2, 0.25) is 0 Å². The third-order valence-corrected chi connectivity index (χ3v) is 6.45. The number of hydrogen-bond donors (Lipinski definition) is 3. The largest absolute Gasteiger partial charge is 0.508 e. The molecule has 0 saturated carbocycles. The Morgan fingerprint density at radius 3 is 1.56 bits per heavy atom. The molecule has 1 aliphatic carbocycles. The first-order valence-corrected chi connectivity index (χ1v) is 11.2. The standard InChI is InChI=1S/C29H20N2O5/c1-15-27(31-30)29(36)23-14-22(16-2-8-19(32)9-3-16)24(17-4-10-20(33)11-5-17)25(26(23)28(15)35)18-6-12-21(34)13-7-18/h2-15,32-34H,1H3. The molecule has 7 nitrogen and oxygen atoms in total. The van der Waals surface area contributed by atoms with E-state index in [1.165, 1.54) is 43.3 Å². The quantitative estimate of drug-likeness (QED) is 0.266. The molecule has 1 atom stereocenters. The lowest BCUT2D eigenvalue weighted by atomic mass is 9.73. The fourth-order valence-electron chi connectivity index (χ4n) is 4.64. The van der Waals surface area contributed by atoms with Crippen molar-refractivity contribution in [3.05, 3.63) is 95.5 Å². The summed E-state index contributed by atoms with van der Waals surface area (Å²) in [5.74, 6) is -1.72. The minimum Gasteiger partial charge on any atom is -0.508 e. The van der Waals surface area contributed by atoms with Gasteiger partial charge in [-0.15, -0.1) is 0 Å². The van der Waals surface area contributed by atoms with Crippen molar-refractivity contribution in [3.8, 4) is 50.6 Å². The molecule has 7 heteroatoms. The van der Waals surface area contributed by atoms with Crippen molar-refractivity contribution in [1.29, 1.82) is 0 Å². The zero-order valence-corrected chi connectivity index (χ0v) is 19.1. The molecule has 0 heterocycles. The fourth-order valence-corrected chi connectivity index (χ4v) is 4.64. The number of Topliss-reactive ketones (excluding diaryl/α,β-unsaturated/α-hetero) is 2. The lowest BCUT2D eigenvalue weighted by Crippen LogP contribution is -2.36. The maximum absolute atomic E-state index is 13.7. The van der Waals surface area contributed by atoms with Crippen molar-refractivity contribution >= 4 is 17.3 Å². The molecule has 1 unspecified atom stereocenters. The predicted octanol–water partition coefficient (Wildman–Crippen LogP) is 5.49. The number of rotatable bonds is 3. The van der Waals surface area contributed by atoms with Gasteiger partial charge in [0.05, 0.1) is 0 Å². The second-order valence-corrected chi connectivity index (χ2v) is 8.64. The molecule has 1 aliphatic rings. The molecule has 0 radical (unpaired) electrons. The molecule has 0 bridgehead atoms. The fraction of sp³-hybridized carbons (Fsp3) is 0.0690. The molecule has 0 spiro atoms. The van der Waals surface area contributed by atoms with Gasteiger partial charge in [-0.3, -0.25) is 9.59 Å². The number of fused-ring (bicyclic) bond motifs is 1. The summed E-state index contributed by atoms with van der Waals surface area (Å²) in [7, 11) is 0. The number of ketones is 2. The van der Waals surface area contributed by atoms with Crippen LogP contribution in [0.25, 0.3) is 38.9 Å². The highest BCUT2D eigenvalue weighted by molar-refractivity contribution is 6.52. The number of carbonyl (C=O) groups excluding carboxylic acids is 2. The van der Waals surface area contributed by atoms with Crippen LogP contribution < -0.4 is 0 Å². The lowest BCUT2D eigenvalue weighted by molar-refractivity contribution is -0.0125. The van der Waals surface area contributed by atoms with Crippen molar-refractivity contribution in [1.82, 2.24) is 0 Å². The van der Waals surface area contributed by atoms with Crippen molar-refractivity contribution in [2.45, 2.75) is 6.92 Å². The van der Waals surface area contributed by atoms with Gasteiger partial charge in [-0.25, -0.2) is 0 Å². The van der Waals surface area contributed by atoms with Crippen LogP contribution in [0.4, 0.5) is 0 Å². The number of phenolic OH excluding ortho intramolecular Hbond substituents is 3. The molecule has 36 heavy (non-hydrogen) atoms. The number of hydrogen-bond acceptors (Lipinski definition) is 5. The normalized spacial score (nSPS) is 14.9. The molecule has 0 fully saturated rings. The van der Waals surface area contributed by atoms with Gasteiger partial charge in [-0.2, -0.15) is 4.79 Å². The number of carbonyl (C=O) groups is 2. The summed E-state index contributed by atoms with van der Waals surface area (Å²) in [4.78, 5) is 30.2. The Kier molecular flexibility index (Phi) is 5.47. The predicted molar refractivity (Wildman–Crippen MR) is 134 cm³/mol. The first kappa shape index (κ1) is 22.8. The summed E-state index contributed by atoms with van der Waals surface area (Å²) in [6.07, 6.45) is 0. The van der Waals surface area contributed by atoms with Gasteiger partial charge in [-0.1, -0.05) is 36.4 Å². The number of benzene rings is 4. The SMILES string of the molecule is CC1C(=O)c2c(cc(-c3ccc(O)cc3)c(-c3ccc(O)cc3)c2-c2ccc(O)cc2)C(=O)C1=[N+]=[N-]. The molecule has 5 rings (SSSR count). The number of nitrogens with zero attached hydrogens (tertiary/aromatic N) is 2. The molecule has 176 valence electrons. The van der Waals surface area contributed by atoms with Gasteiger partial charge in [0.25, 0.3) is 5.78 Å². The van der Waals surface area contributed by atoms with Crippen molar-refractivity contribution in [2.24, 2.45) is 5.92 Å². The van der Waals surface area contributed by atoms with Gasteiger partial charge in [0.15, 0.2) is 5.78 Å². The van der Waals surface area contributed by atoms with Gasteiger partial charge in [0.2, 0.25) is 0 Å². The van der Waals surface area contributed by atoms with Crippen LogP contribution in [0, 0.1) is 5.92 Å². The topological polar surface area (TPSA) is 131 Å². The van der Waals surface area contributed by atoms with Gasteiger partial charge in [-0.05, 0) is 77.2 Å². The zero-order chi connectivity index (χ0) is 25.6. The molecule has 0 saturated heterocycles. The van der Waals surface area contributed by atoms with Crippen LogP contribution in [0.5, 0.6) is 17.2 Å². The van der Waals surface area contributed by atoms with Crippen LogP contribution in [0.3, 0.4) is 0 Å². The maximum atomic E-state index is 13.7. The smallest absolute Gasteiger partial charge is 0.349 e. The molecule has 3 N–H and O–H groups in total. The monoisotopic (exact) mass is 476 g/mol. The molecule has 4 aromatic rings. The maximum Gasteiger partial charge on any atom is 0.349 e. The highest BCUT2D eigenvalue weighted by Gasteiger charge is 2.44. The highest BCUT2D eigenvalue weighted by atomic mass is 16.3. The van der Waals surface area contributed by atoms with E-state index < -0.39 is 11.7 Å². The second-order valence-electron chi connectivity index (χ2n) is 8.64. The Balaban J connectivity index is 1.99.